The van der Waals surface area contributed by atoms with Crippen molar-refractivity contribution in [3.8, 4) is 0 Å². The van der Waals surface area contributed by atoms with Gasteiger partial charge < -0.3 is 20.1 Å². The Hall–Kier alpha value is -1.70. The standard InChI is InChI=1S/C19H31FN4O2/c1-3-21-19(22-7-4-8-24-9-11-26-12-10-24)23-14-16-5-6-18(20)17(13-16)15-25-2/h5-6,13H,3-4,7-12,14-15H2,1-2H3,(H2,21,22,23). The van der Waals surface area contributed by atoms with E-state index in [-0.39, 0.29) is 12.4 Å². The van der Waals surface area contributed by atoms with Crippen molar-refractivity contribution in [2.45, 2.75) is 26.5 Å². The van der Waals surface area contributed by atoms with Crippen molar-refractivity contribution in [3.05, 3.63) is 35.1 Å². The van der Waals surface area contributed by atoms with E-state index in [1.165, 1.54) is 6.07 Å². The smallest absolute Gasteiger partial charge is 0.191 e. The highest BCUT2D eigenvalue weighted by molar-refractivity contribution is 5.79. The largest absolute Gasteiger partial charge is 0.380 e. The zero-order valence-electron chi connectivity index (χ0n) is 15.9. The summed E-state index contributed by atoms with van der Waals surface area (Å²) in [6.45, 7) is 9.23. The zero-order valence-corrected chi connectivity index (χ0v) is 15.9. The molecule has 0 spiro atoms. The first-order valence-electron chi connectivity index (χ1n) is 9.31. The van der Waals surface area contributed by atoms with Gasteiger partial charge in [0, 0.05) is 38.9 Å². The molecule has 1 aromatic rings. The molecule has 7 heteroatoms. The third-order valence-electron chi connectivity index (χ3n) is 4.22. The van der Waals surface area contributed by atoms with Gasteiger partial charge in [-0.25, -0.2) is 9.38 Å². The molecular formula is C19H31FN4O2. The summed E-state index contributed by atoms with van der Waals surface area (Å²) in [6, 6.07) is 5.05. The maximum atomic E-state index is 13.7. The van der Waals surface area contributed by atoms with Gasteiger partial charge in [0.15, 0.2) is 5.96 Å². The van der Waals surface area contributed by atoms with Gasteiger partial charge in [-0.2, -0.15) is 0 Å². The molecule has 0 aromatic heterocycles. The van der Waals surface area contributed by atoms with Gasteiger partial charge in [-0.05, 0) is 37.6 Å². The summed E-state index contributed by atoms with van der Waals surface area (Å²) >= 11 is 0. The van der Waals surface area contributed by atoms with E-state index < -0.39 is 0 Å². The van der Waals surface area contributed by atoms with E-state index in [0.29, 0.717) is 12.1 Å². The highest BCUT2D eigenvalue weighted by Crippen LogP contribution is 2.12. The van der Waals surface area contributed by atoms with Gasteiger partial charge in [0.1, 0.15) is 5.82 Å². The van der Waals surface area contributed by atoms with Gasteiger partial charge in [-0.3, -0.25) is 4.90 Å². The molecule has 1 aromatic carbocycles. The highest BCUT2D eigenvalue weighted by Gasteiger charge is 2.09. The van der Waals surface area contributed by atoms with Crippen molar-refractivity contribution >= 4 is 5.96 Å². The van der Waals surface area contributed by atoms with Gasteiger partial charge in [0.05, 0.1) is 26.4 Å². The average molecular weight is 366 g/mol. The van der Waals surface area contributed by atoms with Gasteiger partial charge in [-0.15, -0.1) is 0 Å². The minimum Gasteiger partial charge on any atom is -0.380 e. The van der Waals surface area contributed by atoms with E-state index in [1.54, 1.807) is 13.2 Å². The summed E-state index contributed by atoms with van der Waals surface area (Å²) in [6.07, 6.45) is 1.05. The van der Waals surface area contributed by atoms with E-state index in [1.807, 2.05) is 13.0 Å². The third kappa shape index (κ3) is 7.27. The minimum absolute atomic E-state index is 0.243. The van der Waals surface area contributed by atoms with Crippen molar-refractivity contribution in [1.82, 2.24) is 15.5 Å². The Morgan fingerprint density at radius 2 is 2.12 bits per heavy atom. The molecule has 6 nitrogen and oxygen atoms in total. The highest BCUT2D eigenvalue weighted by atomic mass is 19.1. The predicted octanol–water partition coefficient (Wildman–Crippen LogP) is 1.75. The van der Waals surface area contributed by atoms with E-state index in [9.17, 15) is 4.39 Å². The first-order chi connectivity index (χ1) is 12.7. The fourth-order valence-electron chi connectivity index (χ4n) is 2.84. The maximum absolute atomic E-state index is 13.7. The number of benzene rings is 1. The molecule has 1 aliphatic heterocycles. The molecule has 1 fully saturated rings. The Labute approximate surface area is 155 Å². The Balaban J connectivity index is 1.80. The lowest BCUT2D eigenvalue weighted by Crippen LogP contribution is -2.40. The molecule has 1 aliphatic rings. The number of aliphatic imine (C=N–C) groups is 1. The van der Waals surface area contributed by atoms with E-state index in [4.69, 9.17) is 9.47 Å². The van der Waals surface area contributed by atoms with Crippen LogP contribution in [0.3, 0.4) is 0 Å². The molecule has 0 unspecified atom stereocenters. The Morgan fingerprint density at radius 3 is 2.85 bits per heavy atom. The maximum Gasteiger partial charge on any atom is 0.191 e. The molecule has 1 saturated heterocycles. The molecule has 0 amide bonds. The molecule has 26 heavy (non-hydrogen) atoms. The monoisotopic (exact) mass is 366 g/mol. The van der Waals surface area contributed by atoms with Crippen LogP contribution in [0.4, 0.5) is 4.39 Å². The van der Waals surface area contributed by atoms with E-state index in [2.05, 4.69) is 20.5 Å². The second-order valence-electron chi connectivity index (χ2n) is 6.29. The van der Waals surface area contributed by atoms with Crippen molar-refractivity contribution < 1.29 is 13.9 Å². The molecule has 0 aliphatic carbocycles. The van der Waals surface area contributed by atoms with Gasteiger partial charge in [0.2, 0.25) is 0 Å². The quantitative estimate of drug-likeness (QED) is 0.396. The van der Waals surface area contributed by atoms with Crippen molar-refractivity contribution in [2.75, 3.05) is 53.0 Å². The lowest BCUT2D eigenvalue weighted by Gasteiger charge is -2.26. The molecule has 146 valence electrons. The molecule has 0 saturated carbocycles. The van der Waals surface area contributed by atoms with Crippen LogP contribution in [0.15, 0.2) is 23.2 Å². The lowest BCUT2D eigenvalue weighted by molar-refractivity contribution is 0.0376. The Bertz CT molecular complexity index is 562. The first kappa shape index (κ1) is 20.6. The third-order valence-corrected chi connectivity index (χ3v) is 4.22. The molecule has 0 radical (unpaired) electrons. The number of methoxy groups -OCH3 is 1. The SMILES string of the molecule is CCNC(=NCc1ccc(F)c(COC)c1)NCCCN1CCOCC1. The number of ether oxygens (including phenoxy) is 2. The Morgan fingerprint density at radius 1 is 1.31 bits per heavy atom. The summed E-state index contributed by atoms with van der Waals surface area (Å²) in [5, 5.41) is 6.61. The summed E-state index contributed by atoms with van der Waals surface area (Å²) in [5.41, 5.74) is 1.52. The number of nitrogens with one attached hydrogen (secondary N) is 2. The number of halogens is 1. The fourth-order valence-corrected chi connectivity index (χ4v) is 2.84. The molecular weight excluding hydrogens is 335 g/mol. The van der Waals surface area contributed by atoms with Crippen LogP contribution in [0.25, 0.3) is 0 Å². The van der Waals surface area contributed by atoms with Crippen LogP contribution in [0.2, 0.25) is 0 Å². The molecule has 2 rings (SSSR count). The molecule has 1 heterocycles. The number of hydrogen-bond acceptors (Lipinski definition) is 4. The van der Waals surface area contributed by atoms with Crippen LogP contribution in [0.1, 0.15) is 24.5 Å². The summed E-state index contributed by atoms with van der Waals surface area (Å²) < 4.78 is 24.1. The Kier molecular flexibility index (Phi) is 9.38. The van der Waals surface area contributed by atoms with Crippen molar-refractivity contribution in [1.29, 1.82) is 0 Å². The van der Waals surface area contributed by atoms with Crippen LogP contribution in [0.5, 0.6) is 0 Å². The number of morpholine rings is 1. The fraction of sp³-hybridized carbons (Fsp3) is 0.632. The van der Waals surface area contributed by atoms with Gasteiger partial charge in [-0.1, -0.05) is 6.07 Å². The second kappa shape index (κ2) is 11.8. The zero-order chi connectivity index (χ0) is 18.6. The van der Waals surface area contributed by atoms with Crippen LogP contribution < -0.4 is 10.6 Å². The number of hydrogen-bond donors (Lipinski definition) is 2. The van der Waals surface area contributed by atoms with Gasteiger partial charge >= 0.3 is 0 Å². The van der Waals surface area contributed by atoms with Crippen molar-refractivity contribution in [3.63, 3.8) is 0 Å². The second-order valence-corrected chi connectivity index (χ2v) is 6.29. The van der Waals surface area contributed by atoms with E-state index in [0.717, 1.165) is 63.9 Å². The summed E-state index contributed by atoms with van der Waals surface area (Å²) in [7, 11) is 1.56. The van der Waals surface area contributed by atoms with Gasteiger partial charge in [0.25, 0.3) is 0 Å². The molecule has 0 bridgehead atoms. The summed E-state index contributed by atoms with van der Waals surface area (Å²) in [4.78, 5) is 7.02. The van der Waals surface area contributed by atoms with Crippen LogP contribution in [-0.4, -0.2) is 63.9 Å². The van der Waals surface area contributed by atoms with Crippen LogP contribution >= 0.6 is 0 Å². The predicted molar refractivity (Wildman–Crippen MR) is 102 cm³/mol. The summed E-state index contributed by atoms with van der Waals surface area (Å²) in [5.74, 6) is 0.541. The van der Waals surface area contributed by atoms with Crippen LogP contribution in [-0.2, 0) is 22.6 Å². The molecule has 2 N–H and O–H groups in total. The molecule has 0 atom stereocenters. The average Bonchev–Trinajstić information content (AvgIpc) is 2.66. The number of nitrogens with zero attached hydrogens (tertiary/aromatic N) is 2. The number of rotatable bonds is 9. The number of guanidine groups is 1. The topological polar surface area (TPSA) is 58.1 Å². The normalized spacial score (nSPS) is 15.9. The van der Waals surface area contributed by atoms with Crippen LogP contribution in [0, 0.1) is 5.82 Å². The lowest BCUT2D eigenvalue weighted by atomic mass is 10.1. The minimum atomic E-state index is -0.243. The first-order valence-corrected chi connectivity index (χ1v) is 9.31. The van der Waals surface area contributed by atoms with E-state index >= 15 is 0 Å². The van der Waals surface area contributed by atoms with Crippen molar-refractivity contribution in [2.24, 2.45) is 4.99 Å².